The maximum Gasteiger partial charge on any atom is 0.382 e. The molecular formula is C15H14O3. The number of hydrogen-bond donors (Lipinski definition) is 1. The largest absolute Gasteiger partial charge is 0.494 e. The van der Waals surface area contributed by atoms with Gasteiger partial charge in [-0.05, 0) is 43.5 Å². The zero-order valence-corrected chi connectivity index (χ0v) is 10.4. The van der Waals surface area contributed by atoms with Crippen LogP contribution < -0.4 is 4.74 Å². The fraction of sp³-hybridized carbons (Fsp3) is 0.267. The first kappa shape index (κ1) is 12.3. The number of carboxylic acid groups (broad SMARTS) is 1. The van der Waals surface area contributed by atoms with Gasteiger partial charge in [0.15, 0.2) is 0 Å². The van der Waals surface area contributed by atoms with Crippen molar-refractivity contribution in [1.82, 2.24) is 0 Å². The van der Waals surface area contributed by atoms with Crippen molar-refractivity contribution in [2.24, 2.45) is 0 Å². The molecule has 0 bridgehead atoms. The molecular weight excluding hydrogens is 228 g/mol. The summed E-state index contributed by atoms with van der Waals surface area (Å²) in [4.78, 5) is 10.5. The maximum atomic E-state index is 10.5. The summed E-state index contributed by atoms with van der Waals surface area (Å²) in [6.45, 7) is 4.52. The molecule has 0 spiro atoms. The van der Waals surface area contributed by atoms with E-state index < -0.39 is 5.97 Å². The normalized spacial score (nSPS) is 12.8. The molecule has 1 N–H and O–H groups in total. The fourth-order valence-corrected chi connectivity index (χ4v) is 2.09. The van der Waals surface area contributed by atoms with Crippen LogP contribution in [0.3, 0.4) is 0 Å². The van der Waals surface area contributed by atoms with E-state index in [2.05, 4.69) is 11.8 Å². The van der Waals surface area contributed by atoms with E-state index in [1.54, 1.807) is 0 Å². The number of rotatable bonds is 2. The molecule has 18 heavy (non-hydrogen) atoms. The first-order chi connectivity index (χ1) is 8.61. The average molecular weight is 242 g/mol. The molecule has 1 aromatic carbocycles. The van der Waals surface area contributed by atoms with Crippen molar-refractivity contribution in [2.75, 3.05) is 6.61 Å². The van der Waals surface area contributed by atoms with Crippen molar-refractivity contribution in [2.45, 2.75) is 20.3 Å². The van der Waals surface area contributed by atoms with Crippen LogP contribution >= 0.6 is 0 Å². The molecule has 1 aliphatic carbocycles. The summed E-state index contributed by atoms with van der Waals surface area (Å²) in [7, 11) is 0. The van der Waals surface area contributed by atoms with Gasteiger partial charge in [-0.25, -0.2) is 4.79 Å². The lowest BCUT2D eigenvalue weighted by Crippen LogP contribution is -1.93. The van der Waals surface area contributed by atoms with Crippen LogP contribution in [-0.2, 0) is 11.2 Å². The van der Waals surface area contributed by atoms with Gasteiger partial charge in [-0.3, -0.25) is 0 Å². The number of ether oxygens (including phenoxy) is 1. The second-order valence-electron chi connectivity index (χ2n) is 4.14. The Morgan fingerprint density at radius 1 is 1.50 bits per heavy atom. The van der Waals surface area contributed by atoms with Gasteiger partial charge in [-0.15, -0.1) is 0 Å². The first-order valence-corrected chi connectivity index (χ1v) is 5.82. The van der Waals surface area contributed by atoms with Crippen LogP contribution in [0.25, 0.3) is 5.57 Å². The van der Waals surface area contributed by atoms with E-state index in [0.717, 1.165) is 28.9 Å². The number of hydrogen-bond acceptors (Lipinski definition) is 2. The number of aliphatic carboxylic acids is 1. The summed E-state index contributed by atoms with van der Waals surface area (Å²) in [6.07, 6.45) is 0.825. The standard InChI is InChI=1S/C15H14O3/c1-3-18-12-5-4-11-8-10(2)13(14(11)9-12)6-7-15(16)17/h4-5,9H,3,8H2,1-2H3,(H,16,17). The van der Waals surface area contributed by atoms with Crippen molar-refractivity contribution in [1.29, 1.82) is 0 Å². The lowest BCUT2D eigenvalue weighted by molar-refractivity contribution is -0.130. The maximum absolute atomic E-state index is 10.5. The zero-order chi connectivity index (χ0) is 13.1. The Hall–Kier alpha value is -2.21. The second kappa shape index (κ2) is 4.97. The van der Waals surface area contributed by atoms with E-state index in [-0.39, 0.29) is 0 Å². The molecule has 0 fully saturated rings. The van der Waals surface area contributed by atoms with E-state index in [0.29, 0.717) is 6.61 Å². The molecule has 92 valence electrons. The topological polar surface area (TPSA) is 46.5 Å². The molecule has 0 unspecified atom stereocenters. The van der Waals surface area contributed by atoms with E-state index in [1.807, 2.05) is 32.0 Å². The van der Waals surface area contributed by atoms with Gasteiger partial charge in [-0.2, -0.15) is 0 Å². The minimum Gasteiger partial charge on any atom is -0.494 e. The minimum atomic E-state index is -1.11. The predicted octanol–water partition coefficient (Wildman–Crippen LogP) is 2.50. The van der Waals surface area contributed by atoms with Gasteiger partial charge in [0.05, 0.1) is 6.61 Å². The van der Waals surface area contributed by atoms with Gasteiger partial charge >= 0.3 is 5.97 Å². The van der Waals surface area contributed by atoms with Gasteiger partial charge in [0.25, 0.3) is 0 Å². The van der Waals surface area contributed by atoms with Crippen molar-refractivity contribution in [3.63, 3.8) is 0 Å². The van der Waals surface area contributed by atoms with Crippen molar-refractivity contribution < 1.29 is 14.6 Å². The van der Waals surface area contributed by atoms with Crippen molar-refractivity contribution >= 4 is 11.5 Å². The van der Waals surface area contributed by atoms with Crippen LogP contribution in [-0.4, -0.2) is 17.7 Å². The van der Waals surface area contributed by atoms with Gasteiger partial charge in [0.2, 0.25) is 0 Å². The van der Waals surface area contributed by atoms with Crippen molar-refractivity contribution in [3.05, 3.63) is 34.9 Å². The van der Waals surface area contributed by atoms with Crippen LogP contribution in [0, 0.1) is 11.8 Å². The van der Waals surface area contributed by atoms with Gasteiger partial charge < -0.3 is 9.84 Å². The summed E-state index contributed by atoms with van der Waals surface area (Å²) < 4.78 is 5.45. The molecule has 0 amide bonds. The molecule has 0 aromatic heterocycles. The van der Waals surface area contributed by atoms with E-state index >= 15 is 0 Å². The summed E-state index contributed by atoms with van der Waals surface area (Å²) in [5, 5.41) is 8.63. The number of fused-ring (bicyclic) bond motifs is 1. The molecule has 3 nitrogen and oxygen atoms in total. The summed E-state index contributed by atoms with van der Waals surface area (Å²) in [5.41, 5.74) is 4.08. The molecule has 2 rings (SSSR count). The van der Waals surface area contributed by atoms with Gasteiger partial charge in [0, 0.05) is 11.5 Å². The number of carboxylic acids is 1. The lowest BCUT2D eigenvalue weighted by atomic mass is 10.1. The molecule has 3 heteroatoms. The third-order valence-corrected chi connectivity index (χ3v) is 2.84. The minimum absolute atomic E-state index is 0.609. The summed E-state index contributed by atoms with van der Waals surface area (Å²) >= 11 is 0. The highest BCUT2D eigenvalue weighted by atomic mass is 16.5. The third kappa shape index (κ3) is 2.38. The average Bonchev–Trinajstić information content (AvgIpc) is 2.62. The van der Waals surface area contributed by atoms with E-state index in [1.165, 1.54) is 5.56 Å². The molecule has 0 saturated carbocycles. The Morgan fingerprint density at radius 3 is 2.94 bits per heavy atom. The highest BCUT2D eigenvalue weighted by molar-refractivity contribution is 5.94. The molecule has 0 aliphatic heterocycles. The Balaban J connectivity index is 2.41. The SMILES string of the molecule is CCOc1ccc2c(c1)C(C#CC(=O)O)=C(C)C2. The highest BCUT2D eigenvalue weighted by Crippen LogP contribution is 2.34. The summed E-state index contributed by atoms with van der Waals surface area (Å²) in [6, 6.07) is 5.88. The molecule has 0 atom stereocenters. The van der Waals surface area contributed by atoms with E-state index in [4.69, 9.17) is 9.84 Å². The Labute approximate surface area is 106 Å². The second-order valence-corrected chi connectivity index (χ2v) is 4.14. The van der Waals surface area contributed by atoms with Crippen LogP contribution in [0.4, 0.5) is 0 Å². The monoisotopic (exact) mass is 242 g/mol. The zero-order valence-electron chi connectivity index (χ0n) is 10.4. The predicted molar refractivity (Wildman–Crippen MR) is 69.3 cm³/mol. The highest BCUT2D eigenvalue weighted by Gasteiger charge is 2.18. The van der Waals surface area contributed by atoms with Crippen LogP contribution in [0.2, 0.25) is 0 Å². The molecule has 0 heterocycles. The Bertz CT molecular complexity index is 585. The quantitative estimate of drug-likeness (QED) is 0.810. The molecule has 0 radical (unpaired) electrons. The first-order valence-electron chi connectivity index (χ1n) is 5.82. The third-order valence-electron chi connectivity index (χ3n) is 2.84. The van der Waals surface area contributed by atoms with Crippen LogP contribution in [0.5, 0.6) is 5.75 Å². The lowest BCUT2D eigenvalue weighted by Gasteiger charge is -2.06. The van der Waals surface area contributed by atoms with Crippen molar-refractivity contribution in [3.8, 4) is 17.6 Å². The smallest absolute Gasteiger partial charge is 0.382 e. The fourth-order valence-electron chi connectivity index (χ4n) is 2.09. The Morgan fingerprint density at radius 2 is 2.28 bits per heavy atom. The number of allylic oxidation sites excluding steroid dienone is 2. The number of benzene rings is 1. The Kier molecular flexibility index (Phi) is 3.38. The molecule has 0 saturated heterocycles. The van der Waals surface area contributed by atoms with Crippen LogP contribution in [0.1, 0.15) is 25.0 Å². The number of carbonyl (C=O) groups is 1. The van der Waals surface area contributed by atoms with Crippen LogP contribution in [0.15, 0.2) is 23.8 Å². The van der Waals surface area contributed by atoms with Gasteiger partial charge in [-0.1, -0.05) is 17.6 Å². The van der Waals surface area contributed by atoms with E-state index in [9.17, 15) is 4.79 Å². The molecule has 1 aromatic rings. The summed E-state index contributed by atoms with van der Waals surface area (Å²) in [5.74, 6) is 4.59. The van der Waals surface area contributed by atoms with Gasteiger partial charge in [0.1, 0.15) is 5.75 Å². The molecule has 1 aliphatic rings.